The second-order valence-electron chi connectivity index (χ2n) is 5.63. The van der Waals surface area contributed by atoms with E-state index in [1.807, 2.05) is 4.68 Å². The van der Waals surface area contributed by atoms with Crippen molar-refractivity contribution < 1.29 is 4.79 Å². The third kappa shape index (κ3) is 3.65. The Bertz CT molecular complexity index is 680. The molecule has 0 radical (unpaired) electrons. The van der Waals surface area contributed by atoms with Crippen LogP contribution < -0.4 is 5.32 Å². The van der Waals surface area contributed by atoms with Crippen molar-refractivity contribution >= 4 is 17.7 Å². The first-order valence-corrected chi connectivity index (χ1v) is 8.35. The van der Waals surface area contributed by atoms with Crippen LogP contribution in [0.2, 0.25) is 0 Å². The number of nitrogens with zero attached hydrogens (tertiary/aromatic N) is 4. The van der Waals surface area contributed by atoms with E-state index in [1.54, 1.807) is 0 Å². The highest BCUT2D eigenvalue weighted by molar-refractivity contribution is 7.99. The first-order chi connectivity index (χ1) is 10.6. The largest absolute Gasteiger partial charge is 0.351 e. The molecule has 1 fully saturated rings. The summed E-state index contributed by atoms with van der Waals surface area (Å²) in [6.07, 6.45) is 2.25. The van der Waals surface area contributed by atoms with E-state index >= 15 is 0 Å². The lowest BCUT2D eigenvalue weighted by atomic mass is 10.1. The first-order valence-electron chi connectivity index (χ1n) is 7.37. The zero-order valence-electron chi connectivity index (χ0n) is 12.7. The van der Waals surface area contributed by atoms with E-state index in [0.29, 0.717) is 18.3 Å². The molecule has 0 saturated heterocycles. The molecule has 3 rings (SSSR count). The third-order valence-corrected chi connectivity index (χ3v) is 4.60. The highest BCUT2D eigenvalue weighted by atomic mass is 32.2. The lowest BCUT2D eigenvalue weighted by molar-refractivity contribution is -0.118. The Labute approximate surface area is 133 Å². The molecule has 0 bridgehead atoms. The predicted octanol–water partition coefficient (Wildman–Crippen LogP) is 2.03. The Kier molecular flexibility index (Phi) is 4.42. The maximum absolute atomic E-state index is 12.0. The molecule has 1 saturated carbocycles. The summed E-state index contributed by atoms with van der Waals surface area (Å²) in [5.41, 5.74) is 3.58. The minimum absolute atomic E-state index is 0.00433. The molecule has 1 aromatic carbocycles. The Morgan fingerprint density at radius 2 is 2.23 bits per heavy atom. The molecule has 6 nitrogen and oxygen atoms in total. The standard InChI is InChI=1S/C15H19N5OS/c1-10-3-4-12(11(2)7-10)8-16-14(21)9-22-15-17-18-19-20(15)13-5-6-13/h3-4,7,13H,5-6,8-9H2,1-2H3,(H,16,21). The maximum atomic E-state index is 12.0. The van der Waals surface area contributed by atoms with Gasteiger partial charge in [0.25, 0.3) is 0 Å². The molecule has 1 aromatic heterocycles. The Morgan fingerprint density at radius 1 is 1.41 bits per heavy atom. The first kappa shape index (κ1) is 15.0. The molecular formula is C15H19N5OS. The van der Waals surface area contributed by atoms with Crippen LogP contribution in [0.25, 0.3) is 0 Å². The van der Waals surface area contributed by atoms with Crippen molar-refractivity contribution in [3.05, 3.63) is 34.9 Å². The van der Waals surface area contributed by atoms with Gasteiger partial charge in [0.15, 0.2) is 0 Å². The molecule has 1 N–H and O–H groups in total. The van der Waals surface area contributed by atoms with Crippen molar-refractivity contribution in [2.45, 2.75) is 44.4 Å². The number of rotatable bonds is 6. The monoisotopic (exact) mass is 317 g/mol. The van der Waals surface area contributed by atoms with E-state index in [-0.39, 0.29) is 5.91 Å². The van der Waals surface area contributed by atoms with E-state index in [9.17, 15) is 4.79 Å². The van der Waals surface area contributed by atoms with Gasteiger partial charge in [-0.1, -0.05) is 35.5 Å². The quantitative estimate of drug-likeness (QED) is 0.825. The molecule has 0 aliphatic heterocycles. The van der Waals surface area contributed by atoms with E-state index in [1.165, 1.54) is 22.9 Å². The average molecular weight is 317 g/mol. The number of hydrogen-bond donors (Lipinski definition) is 1. The van der Waals surface area contributed by atoms with Crippen molar-refractivity contribution in [3.63, 3.8) is 0 Å². The highest BCUT2D eigenvalue weighted by Gasteiger charge is 2.28. The second kappa shape index (κ2) is 6.48. The SMILES string of the molecule is Cc1ccc(CNC(=O)CSc2nnnn2C2CC2)c(C)c1. The molecule has 7 heteroatoms. The van der Waals surface area contributed by atoms with Gasteiger partial charge in [-0.05, 0) is 48.2 Å². The summed E-state index contributed by atoms with van der Waals surface area (Å²) in [7, 11) is 0. The van der Waals surface area contributed by atoms with Crippen LogP contribution >= 0.6 is 11.8 Å². The van der Waals surface area contributed by atoms with Crippen LogP contribution in [0, 0.1) is 13.8 Å². The number of amides is 1. The minimum Gasteiger partial charge on any atom is -0.351 e. The molecule has 1 heterocycles. The lowest BCUT2D eigenvalue weighted by Crippen LogP contribution is -2.25. The Morgan fingerprint density at radius 3 is 2.95 bits per heavy atom. The second-order valence-corrected chi connectivity index (χ2v) is 6.58. The predicted molar refractivity (Wildman–Crippen MR) is 84.6 cm³/mol. The summed E-state index contributed by atoms with van der Waals surface area (Å²) in [5.74, 6) is 0.327. The minimum atomic E-state index is -0.00433. The molecule has 0 spiro atoms. The molecule has 22 heavy (non-hydrogen) atoms. The van der Waals surface area contributed by atoms with Gasteiger partial charge in [-0.2, -0.15) is 0 Å². The number of aryl methyl sites for hydroxylation is 2. The maximum Gasteiger partial charge on any atom is 0.230 e. The van der Waals surface area contributed by atoms with Crippen LogP contribution in [0.3, 0.4) is 0 Å². The van der Waals surface area contributed by atoms with Gasteiger partial charge in [0.1, 0.15) is 0 Å². The zero-order valence-corrected chi connectivity index (χ0v) is 13.6. The molecule has 1 aliphatic carbocycles. The molecule has 116 valence electrons. The van der Waals surface area contributed by atoms with Crippen molar-refractivity contribution in [2.75, 3.05) is 5.75 Å². The summed E-state index contributed by atoms with van der Waals surface area (Å²) in [6, 6.07) is 6.68. The van der Waals surface area contributed by atoms with E-state index in [0.717, 1.165) is 23.6 Å². The van der Waals surface area contributed by atoms with Crippen molar-refractivity contribution in [1.29, 1.82) is 0 Å². The van der Waals surface area contributed by atoms with Gasteiger partial charge in [-0.25, -0.2) is 4.68 Å². The number of carbonyl (C=O) groups is 1. The van der Waals surface area contributed by atoms with Gasteiger partial charge >= 0.3 is 0 Å². The smallest absolute Gasteiger partial charge is 0.230 e. The molecule has 0 atom stereocenters. The van der Waals surface area contributed by atoms with Crippen LogP contribution in [0.1, 0.15) is 35.6 Å². The third-order valence-electron chi connectivity index (χ3n) is 3.66. The highest BCUT2D eigenvalue weighted by Crippen LogP contribution is 2.36. The number of hydrogen-bond acceptors (Lipinski definition) is 5. The average Bonchev–Trinajstić information content (AvgIpc) is 3.23. The molecule has 0 unspecified atom stereocenters. The summed E-state index contributed by atoms with van der Waals surface area (Å²) >= 11 is 1.39. The van der Waals surface area contributed by atoms with Gasteiger partial charge in [-0.15, -0.1) is 5.10 Å². The fraction of sp³-hybridized carbons (Fsp3) is 0.467. The van der Waals surface area contributed by atoms with E-state index in [2.05, 4.69) is 52.9 Å². The molecular weight excluding hydrogens is 298 g/mol. The van der Waals surface area contributed by atoms with Crippen molar-refractivity contribution in [2.24, 2.45) is 0 Å². The summed E-state index contributed by atoms with van der Waals surface area (Å²) in [5, 5.41) is 15.3. The number of tetrazole rings is 1. The fourth-order valence-corrected chi connectivity index (χ4v) is 3.02. The van der Waals surface area contributed by atoms with Gasteiger partial charge in [-0.3, -0.25) is 4.79 Å². The normalized spacial score (nSPS) is 14.1. The summed E-state index contributed by atoms with van der Waals surface area (Å²) < 4.78 is 1.82. The number of thioether (sulfide) groups is 1. The van der Waals surface area contributed by atoms with E-state index < -0.39 is 0 Å². The van der Waals surface area contributed by atoms with Crippen LogP contribution in [0.4, 0.5) is 0 Å². The van der Waals surface area contributed by atoms with E-state index in [4.69, 9.17) is 0 Å². The number of benzene rings is 1. The fourth-order valence-electron chi connectivity index (χ4n) is 2.25. The Hall–Kier alpha value is -1.89. The topological polar surface area (TPSA) is 72.7 Å². The van der Waals surface area contributed by atoms with Gasteiger partial charge in [0.2, 0.25) is 11.1 Å². The zero-order chi connectivity index (χ0) is 15.5. The van der Waals surface area contributed by atoms with Gasteiger partial charge in [0, 0.05) is 6.54 Å². The lowest BCUT2D eigenvalue weighted by Gasteiger charge is -2.08. The number of aromatic nitrogens is 4. The van der Waals surface area contributed by atoms with Crippen LogP contribution in [-0.2, 0) is 11.3 Å². The molecule has 2 aromatic rings. The van der Waals surface area contributed by atoms with Crippen molar-refractivity contribution in [1.82, 2.24) is 25.5 Å². The van der Waals surface area contributed by atoms with Gasteiger partial charge in [0.05, 0.1) is 11.8 Å². The summed E-state index contributed by atoms with van der Waals surface area (Å²) in [6.45, 7) is 4.68. The van der Waals surface area contributed by atoms with Crippen LogP contribution in [-0.4, -0.2) is 31.9 Å². The number of nitrogens with one attached hydrogen (secondary N) is 1. The van der Waals surface area contributed by atoms with Crippen molar-refractivity contribution in [3.8, 4) is 0 Å². The molecule has 1 amide bonds. The molecule has 1 aliphatic rings. The Balaban J connectivity index is 1.49. The van der Waals surface area contributed by atoms with Gasteiger partial charge < -0.3 is 5.32 Å². The van der Waals surface area contributed by atoms with Crippen LogP contribution in [0.15, 0.2) is 23.4 Å². The summed E-state index contributed by atoms with van der Waals surface area (Å²) in [4.78, 5) is 12.0. The number of carbonyl (C=O) groups excluding carboxylic acids is 1. The van der Waals surface area contributed by atoms with Crippen LogP contribution in [0.5, 0.6) is 0 Å².